The predicted octanol–water partition coefficient (Wildman–Crippen LogP) is 2.48. The van der Waals surface area contributed by atoms with E-state index in [4.69, 9.17) is 0 Å². The SMILES string of the molecule is CCn1ncnc1[C@@H](C)Nc1ncnc2sc(C(=O)O)c(C)c12. The fourth-order valence-electron chi connectivity index (χ4n) is 2.51. The molecule has 0 aliphatic carbocycles. The highest BCUT2D eigenvalue weighted by molar-refractivity contribution is 7.20. The summed E-state index contributed by atoms with van der Waals surface area (Å²) in [6.45, 7) is 6.46. The van der Waals surface area contributed by atoms with Crippen LogP contribution in [0.25, 0.3) is 10.2 Å². The highest BCUT2D eigenvalue weighted by Gasteiger charge is 2.20. The number of nitrogens with zero attached hydrogens (tertiary/aromatic N) is 5. The van der Waals surface area contributed by atoms with Gasteiger partial charge in [-0.1, -0.05) is 0 Å². The molecule has 0 saturated heterocycles. The Morgan fingerprint density at radius 3 is 2.87 bits per heavy atom. The first-order chi connectivity index (χ1) is 11.0. The molecule has 3 aromatic heterocycles. The Balaban J connectivity index is 2.02. The smallest absolute Gasteiger partial charge is 0.346 e. The molecule has 0 aliphatic rings. The summed E-state index contributed by atoms with van der Waals surface area (Å²) in [6.07, 6.45) is 2.95. The molecule has 23 heavy (non-hydrogen) atoms. The Hall–Kier alpha value is -2.55. The monoisotopic (exact) mass is 332 g/mol. The van der Waals surface area contributed by atoms with Gasteiger partial charge in [-0.25, -0.2) is 24.4 Å². The molecule has 0 fully saturated rings. The summed E-state index contributed by atoms with van der Waals surface area (Å²) in [5.41, 5.74) is 0.671. The van der Waals surface area contributed by atoms with Crippen LogP contribution in [0.15, 0.2) is 12.7 Å². The fourth-order valence-corrected chi connectivity index (χ4v) is 3.49. The van der Waals surface area contributed by atoms with Crippen molar-refractivity contribution in [3.05, 3.63) is 28.9 Å². The maximum Gasteiger partial charge on any atom is 0.346 e. The lowest BCUT2D eigenvalue weighted by atomic mass is 10.2. The number of rotatable bonds is 5. The van der Waals surface area contributed by atoms with E-state index in [0.717, 1.165) is 29.1 Å². The van der Waals surface area contributed by atoms with E-state index in [2.05, 4.69) is 25.4 Å². The molecule has 8 nitrogen and oxygen atoms in total. The van der Waals surface area contributed by atoms with Crippen molar-refractivity contribution in [2.24, 2.45) is 0 Å². The molecule has 0 aliphatic heterocycles. The second kappa shape index (κ2) is 5.92. The first-order valence-corrected chi connectivity index (χ1v) is 7.96. The third kappa shape index (κ3) is 2.63. The Morgan fingerprint density at radius 2 is 2.17 bits per heavy atom. The van der Waals surface area contributed by atoms with Gasteiger partial charge in [-0.05, 0) is 26.3 Å². The quantitative estimate of drug-likeness (QED) is 0.739. The van der Waals surface area contributed by atoms with Gasteiger partial charge in [0, 0.05) is 6.54 Å². The molecule has 0 unspecified atom stereocenters. The maximum absolute atomic E-state index is 11.3. The minimum Gasteiger partial charge on any atom is -0.477 e. The Bertz CT molecular complexity index is 871. The number of aromatic nitrogens is 5. The van der Waals surface area contributed by atoms with Gasteiger partial charge in [-0.15, -0.1) is 11.3 Å². The summed E-state index contributed by atoms with van der Waals surface area (Å²) in [4.78, 5) is 25.0. The lowest BCUT2D eigenvalue weighted by Gasteiger charge is -2.15. The summed E-state index contributed by atoms with van der Waals surface area (Å²) >= 11 is 1.15. The third-order valence-electron chi connectivity index (χ3n) is 3.61. The molecule has 3 heterocycles. The molecule has 0 aromatic carbocycles. The van der Waals surface area contributed by atoms with E-state index in [0.29, 0.717) is 16.2 Å². The number of fused-ring (bicyclic) bond motifs is 1. The number of nitrogens with one attached hydrogen (secondary N) is 1. The molecular weight excluding hydrogens is 316 g/mol. The van der Waals surface area contributed by atoms with Crippen molar-refractivity contribution in [1.82, 2.24) is 24.7 Å². The second-order valence-corrected chi connectivity index (χ2v) is 6.06. The van der Waals surface area contributed by atoms with Gasteiger partial charge >= 0.3 is 5.97 Å². The van der Waals surface area contributed by atoms with Crippen LogP contribution in [0.3, 0.4) is 0 Å². The summed E-state index contributed by atoms with van der Waals surface area (Å²) in [6, 6.07) is -0.122. The largest absolute Gasteiger partial charge is 0.477 e. The number of carboxylic acid groups (broad SMARTS) is 1. The standard InChI is InChI=1S/C14H16N6O2S/c1-4-20-12(16-6-18-20)8(3)19-11-9-7(2)10(14(21)22)23-13(9)17-5-15-11/h5-6,8H,4H2,1-3H3,(H,21,22)(H,15,17,19)/t8-/m1/s1. The number of aromatic carboxylic acids is 1. The van der Waals surface area contributed by atoms with E-state index in [1.54, 1.807) is 11.6 Å². The number of carbonyl (C=O) groups is 1. The van der Waals surface area contributed by atoms with Gasteiger partial charge in [0.15, 0.2) is 0 Å². The van der Waals surface area contributed by atoms with Crippen molar-refractivity contribution in [3.8, 4) is 0 Å². The molecule has 9 heteroatoms. The van der Waals surface area contributed by atoms with Crippen molar-refractivity contribution in [2.75, 3.05) is 5.32 Å². The first kappa shape index (κ1) is 15.3. The van der Waals surface area contributed by atoms with Crippen LogP contribution in [0.5, 0.6) is 0 Å². The average Bonchev–Trinajstić information content (AvgIpc) is 3.12. The molecule has 0 saturated carbocycles. The van der Waals surface area contributed by atoms with Crippen LogP contribution in [0, 0.1) is 6.92 Å². The van der Waals surface area contributed by atoms with Crippen LogP contribution < -0.4 is 5.32 Å². The van der Waals surface area contributed by atoms with Crippen LogP contribution in [0.4, 0.5) is 5.82 Å². The highest BCUT2D eigenvalue weighted by Crippen LogP contribution is 2.34. The van der Waals surface area contributed by atoms with E-state index in [-0.39, 0.29) is 10.9 Å². The van der Waals surface area contributed by atoms with Gasteiger partial charge in [0.25, 0.3) is 0 Å². The lowest BCUT2D eigenvalue weighted by Crippen LogP contribution is -2.15. The van der Waals surface area contributed by atoms with E-state index in [9.17, 15) is 9.90 Å². The Labute approximate surface area is 136 Å². The minimum atomic E-state index is -0.949. The van der Waals surface area contributed by atoms with Crippen molar-refractivity contribution >= 4 is 33.3 Å². The number of aryl methyl sites for hydroxylation is 2. The third-order valence-corrected chi connectivity index (χ3v) is 4.79. The Morgan fingerprint density at radius 1 is 1.39 bits per heavy atom. The van der Waals surface area contributed by atoms with Crippen LogP contribution in [0.2, 0.25) is 0 Å². The number of hydrogen-bond donors (Lipinski definition) is 2. The van der Waals surface area contributed by atoms with Crippen LogP contribution in [-0.4, -0.2) is 35.8 Å². The zero-order chi connectivity index (χ0) is 16.6. The number of anilines is 1. The molecule has 0 spiro atoms. The number of hydrogen-bond acceptors (Lipinski definition) is 7. The lowest BCUT2D eigenvalue weighted by molar-refractivity contribution is 0.0701. The topological polar surface area (TPSA) is 106 Å². The molecule has 0 amide bonds. The van der Waals surface area contributed by atoms with Gasteiger partial charge in [-0.2, -0.15) is 5.10 Å². The van der Waals surface area contributed by atoms with E-state index >= 15 is 0 Å². The Kier molecular flexibility index (Phi) is 3.95. The number of carboxylic acids is 1. The fraction of sp³-hybridized carbons (Fsp3) is 0.357. The molecular formula is C14H16N6O2S. The van der Waals surface area contributed by atoms with Crippen LogP contribution in [-0.2, 0) is 6.54 Å². The van der Waals surface area contributed by atoms with Gasteiger partial charge < -0.3 is 10.4 Å². The summed E-state index contributed by atoms with van der Waals surface area (Å²) < 4.78 is 1.80. The zero-order valence-electron chi connectivity index (χ0n) is 12.9. The van der Waals surface area contributed by atoms with Crippen molar-refractivity contribution in [3.63, 3.8) is 0 Å². The van der Waals surface area contributed by atoms with Crippen LogP contribution >= 0.6 is 11.3 Å². The van der Waals surface area contributed by atoms with Gasteiger partial charge in [0.1, 0.15) is 34.0 Å². The molecule has 0 bridgehead atoms. The highest BCUT2D eigenvalue weighted by atomic mass is 32.1. The maximum atomic E-state index is 11.3. The predicted molar refractivity (Wildman–Crippen MR) is 86.8 cm³/mol. The molecule has 0 radical (unpaired) electrons. The summed E-state index contributed by atoms with van der Waals surface area (Å²) in [5.74, 6) is 0.454. The van der Waals surface area contributed by atoms with Crippen LogP contribution in [0.1, 0.15) is 40.9 Å². The van der Waals surface area contributed by atoms with E-state index < -0.39 is 5.97 Å². The van der Waals surface area contributed by atoms with Crippen molar-refractivity contribution in [2.45, 2.75) is 33.4 Å². The minimum absolute atomic E-state index is 0.122. The zero-order valence-corrected chi connectivity index (χ0v) is 13.8. The van der Waals surface area contributed by atoms with Gasteiger partial charge in [0.2, 0.25) is 0 Å². The molecule has 3 aromatic rings. The summed E-state index contributed by atoms with van der Waals surface area (Å²) in [5, 5.41) is 17.5. The number of thiophene rings is 1. The van der Waals surface area contributed by atoms with E-state index in [1.165, 1.54) is 12.7 Å². The second-order valence-electron chi connectivity index (χ2n) is 5.06. The van der Waals surface area contributed by atoms with E-state index in [1.807, 2.05) is 13.8 Å². The average molecular weight is 332 g/mol. The normalized spacial score (nSPS) is 12.5. The first-order valence-electron chi connectivity index (χ1n) is 7.14. The van der Waals surface area contributed by atoms with Crippen molar-refractivity contribution in [1.29, 1.82) is 0 Å². The van der Waals surface area contributed by atoms with Gasteiger partial charge in [-0.3, -0.25) is 0 Å². The van der Waals surface area contributed by atoms with Crippen molar-refractivity contribution < 1.29 is 9.90 Å². The summed E-state index contributed by atoms with van der Waals surface area (Å²) in [7, 11) is 0. The van der Waals surface area contributed by atoms with Gasteiger partial charge in [0.05, 0.1) is 11.4 Å². The molecule has 2 N–H and O–H groups in total. The molecule has 3 rings (SSSR count). The molecule has 120 valence electrons. The molecule has 1 atom stereocenters.